The molecular formula is C6H8VW-2. The second kappa shape index (κ2) is 10.7. The van der Waals surface area contributed by atoms with E-state index in [4.69, 9.17) is 6.58 Å². The molecule has 0 spiro atoms. The summed E-state index contributed by atoms with van der Waals surface area (Å²) in [5.74, 6) is 0. The minimum absolute atomic E-state index is 0.803. The van der Waals surface area contributed by atoms with Crippen LogP contribution in [0.1, 0.15) is 13.8 Å². The van der Waals surface area contributed by atoms with E-state index in [1.807, 2.05) is 13.8 Å². The number of rotatable bonds is 1. The third kappa shape index (κ3) is 15.9. The van der Waals surface area contributed by atoms with E-state index in [1.165, 1.54) is 16.8 Å². The molecule has 0 atom stereocenters. The van der Waals surface area contributed by atoms with Crippen LogP contribution in [-0.4, -0.2) is 0 Å². The summed E-state index contributed by atoms with van der Waals surface area (Å²) in [6, 6.07) is 0. The van der Waals surface area contributed by atoms with E-state index < -0.39 is 0 Å². The van der Waals surface area contributed by atoms with E-state index in [0.29, 0.717) is 0 Å². The Kier molecular flexibility index (Phi) is 15.4. The van der Waals surface area contributed by atoms with Crippen LogP contribution < -0.4 is 0 Å². The average Bonchev–Trinajstić information content (AvgIpc) is 1.72. The second-order valence-electron chi connectivity index (χ2n) is 1.18. The van der Waals surface area contributed by atoms with Crippen molar-refractivity contribution in [1.82, 2.24) is 0 Å². The molecule has 0 saturated heterocycles. The molecule has 0 amide bonds. The van der Waals surface area contributed by atoms with Gasteiger partial charge in [0.25, 0.3) is 0 Å². The van der Waals surface area contributed by atoms with E-state index in [-0.39, 0.29) is 0 Å². The third-order valence-electron chi connectivity index (χ3n) is 0.372. The van der Waals surface area contributed by atoms with Crippen LogP contribution in [0.3, 0.4) is 0 Å². The minimum atomic E-state index is 0.803. The molecule has 0 aliphatic rings. The Hall–Kier alpha value is 0.753. The molecule has 0 unspecified atom stereocenters. The second-order valence-corrected chi connectivity index (χ2v) is 1.18. The molecule has 8 heavy (non-hydrogen) atoms. The maximum atomic E-state index is 5.20. The van der Waals surface area contributed by atoms with Crippen LogP contribution in [-0.2, 0) is 30.9 Å². The van der Waals surface area contributed by atoms with Crippen molar-refractivity contribution in [2.75, 3.05) is 0 Å². The van der Waals surface area contributed by atoms with Crippen molar-refractivity contribution in [3.05, 3.63) is 24.3 Å². The Labute approximate surface area is 68.9 Å². The Morgan fingerprint density at radius 3 is 2.12 bits per heavy atom. The van der Waals surface area contributed by atoms with Gasteiger partial charge in [0, 0.05) is 0 Å². The normalized spacial score (nSPS) is 7.62. The molecule has 0 N–H and O–H groups in total. The van der Waals surface area contributed by atoms with Crippen LogP contribution in [0.25, 0.3) is 0 Å². The average molecular weight is 315 g/mol. The molecule has 2 heteroatoms. The van der Waals surface area contributed by atoms with Crippen LogP contribution >= 0.6 is 0 Å². The molecule has 0 nitrogen and oxygen atoms in total. The standard InChI is InChI=1S/C6H8.V.W/c1-4-5-6(2)3;;/h2,5H,1,3H3;;/q-2;;. The molecule has 0 fully saturated rings. The maximum absolute atomic E-state index is 5.20. The molecule has 45 valence electrons. The first-order chi connectivity index (χ1) is 3.77. The van der Waals surface area contributed by atoms with Gasteiger partial charge in [-0.05, 0) is 0 Å². The van der Waals surface area contributed by atoms with Crippen molar-refractivity contribution < 1.29 is 30.9 Å². The predicted octanol–water partition coefficient (Wildman–Crippen LogP) is 1.74. The Balaban J connectivity index is 0. The molecular weight excluding hydrogens is 307 g/mol. The van der Waals surface area contributed by atoms with E-state index in [9.17, 15) is 0 Å². The van der Waals surface area contributed by atoms with E-state index in [1.54, 1.807) is 6.08 Å². The quantitative estimate of drug-likeness (QED) is 0.511. The first-order valence-corrected chi connectivity index (χ1v) is 8.03. The molecule has 0 heterocycles. The van der Waals surface area contributed by atoms with Gasteiger partial charge in [0.05, 0.1) is 0 Å². The first kappa shape index (κ1) is 11.5. The molecule has 0 radical (unpaired) electrons. The first-order valence-electron chi connectivity index (χ1n) is 2.05. The van der Waals surface area contributed by atoms with Crippen molar-refractivity contribution in [1.29, 1.82) is 0 Å². The molecule has 0 saturated carbocycles. The molecule has 0 aliphatic carbocycles. The van der Waals surface area contributed by atoms with Crippen molar-refractivity contribution >= 4 is 0 Å². The van der Waals surface area contributed by atoms with Crippen LogP contribution in [0.4, 0.5) is 0 Å². The van der Waals surface area contributed by atoms with Gasteiger partial charge >= 0.3 is 30.9 Å². The Bertz CT molecular complexity index is 86.5. The summed E-state index contributed by atoms with van der Waals surface area (Å²) in [5.41, 5.74) is 0.803. The predicted molar refractivity (Wildman–Crippen MR) is 27.0 cm³/mol. The summed E-state index contributed by atoms with van der Waals surface area (Å²) in [4.78, 5) is 0. The summed E-state index contributed by atoms with van der Waals surface area (Å²) in [6.45, 7) is 8.85. The van der Waals surface area contributed by atoms with Gasteiger partial charge in [0.2, 0.25) is 0 Å². The fourth-order valence-corrected chi connectivity index (χ4v) is 0.228. The zero-order chi connectivity index (χ0) is 6.99. The zero-order valence-corrected chi connectivity index (χ0v) is 9.34. The topological polar surface area (TPSA) is 0 Å². The SMILES string of the molecule is [CH-]=C(C)C=[C-]C.[V]=[W]. The van der Waals surface area contributed by atoms with Crippen LogP contribution in [0.15, 0.2) is 11.6 Å². The number of hydrogen-bond acceptors (Lipinski definition) is 0. The Morgan fingerprint density at radius 1 is 1.75 bits per heavy atom. The van der Waals surface area contributed by atoms with Gasteiger partial charge in [0.1, 0.15) is 0 Å². The van der Waals surface area contributed by atoms with E-state index in [2.05, 4.69) is 20.2 Å². The van der Waals surface area contributed by atoms with Crippen LogP contribution in [0, 0.1) is 12.7 Å². The summed E-state index contributed by atoms with van der Waals surface area (Å²) in [7, 11) is 0. The molecule has 0 aliphatic heterocycles. The molecule has 0 aromatic rings. The summed E-state index contributed by atoms with van der Waals surface area (Å²) >= 11 is 3.92. The van der Waals surface area contributed by atoms with Gasteiger partial charge in [-0.25, -0.2) is 0 Å². The molecule has 0 aromatic carbocycles. The fourth-order valence-electron chi connectivity index (χ4n) is 0.228. The van der Waals surface area contributed by atoms with Crippen molar-refractivity contribution in [2.45, 2.75) is 13.8 Å². The molecule has 0 rings (SSSR count). The van der Waals surface area contributed by atoms with Gasteiger partial charge in [-0.3, -0.25) is 0 Å². The van der Waals surface area contributed by atoms with Crippen molar-refractivity contribution in [2.24, 2.45) is 0 Å². The summed E-state index contributed by atoms with van der Waals surface area (Å²) in [5, 5.41) is 0. The monoisotopic (exact) mass is 315 g/mol. The fraction of sp³-hybridized carbons (Fsp3) is 0.333. The van der Waals surface area contributed by atoms with E-state index in [0.717, 1.165) is 5.57 Å². The van der Waals surface area contributed by atoms with Gasteiger partial charge in [-0.2, -0.15) is 0 Å². The zero-order valence-electron chi connectivity index (χ0n) is 5.01. The summed E-state index contributed by atoms with van der Waals surface area (Å²) < 4.78 is 0. The number of allylic oxidation sites excluding steroid dienone is 3. The van der Waals surface area contributed by atoms with Gasteiger partial charge in [-0.1, -0.05) is 0 Å². The Morgan fingerprint density at radius 2 is 2.12 bits per heavy atom. The third-order valence-corrected chi connectivity index (χ3v) is 0.372. The van der Waals surface area contributed by atoms with Gasteiger partial charge in [0.15, 0.2) is 0 Å². The van der Waals surface area contributed by atoms with Gasteiger partial charge < -0.3 is 24.3 Å². The summed E-state index contributed by atoms with van der Waals surface area (Å²) in [6.07, 6.45) is 4.52. The van der Waals surface area contributed by atoms with Crippen LogP contribution in [0.5, 0.6) is 0 Å². The van der Waals surface area contributed by atoms with Crippen molar-refractivity contribution in [3.8, 4) is 0 Å². The molecule has 0 bridgehead atoms. The van der Waals surface area contributed by atoms with E-state index >= 15 is 0 Å². The van der Waals surface area contributed by atoms with Crippen molar-refractivity contribution in [3.63, 3.8) is 0 Å². The van der Waals surface area contributed by atoms with Crippen LogP contribution in [0.2, 0.25) is 0 Å². The van der Waals surface area contributed by atoms with Gasteiger partial charge in [-0.15, -0.1) is 13.8 Å². The molecule has 0 aromatic heterocycles. The number of hydrogen-bond donors (Lipinski definition) is 0.